The van der Waals surface area contributed by atoms with Crippen molar-refractivity contribution in [3.05, 3.63) is 42.0 Å². The SMILES string of the molecule is COc1cc(Sc2ccccc2C(C)=O)c(OC)cc1N=N. The molecule has 0 radical (unpaired) electrons. The van der Waals surface area contributed by atoms with E-state index in [1.54, 1.807) is 32.2 Å². The Morgan fingerprint density at radius 3 is 2.36 bits per heavy atom. The van der Waals surface area contributed by atoms with Gasteiger partial charge in [0, 0.05) is 22.6 Å². The molecule has 0 bridgehead atoms. The summed E-state index contributed by atoms with van der Waals surface area (Å²) in [7, 11) is 3.07. The topological polar surface area (TPSA) is 71.7 Å². The Bertz CT molecular complexity index is 717. The predicted octanol–water partition coefficient (Wildman–Crippen LogP) is 4.72. The molecule has 0 saturated heterocycles. The van der Waals surface area contributed by atoms with Gasteiger partial charge in [-0.3, -0.25) is 4.79 Å². The molecule has 6 heteroatoms. The van der Waals surface area contributed by atoms with Crippen molar-refractivity contribution in [2.24, 2.45) is 5.11 Å². The molecule has 0 spiro atoms. The average molecular weight is 316 g/mol. The monoisotopic (exact) mass is 316 g/mol. The highest BCUT2D eigenvalue weighted by Crippen LogP contribution is 2.43. The van der Waals surface area contributed by atoms with E-state index in [9.17, 15) is 4.79 Å². The summed E-state index contributed by atoms with van der Waals surface area (Å²) in [6.45, 7) is 1.54. The zero-order chi connectivity index (χ0) is 16.1. The molecule has 0 saturated carbocycles. The summed E-state index contributed by atoms with van der Waals surface area (Å²) in [5.74, 6) is 1.07. The number of ether oxygens (including phenoxy) is 2. The van der Waals surface area contributed by atoms with Gasteiger partial charge in [0.25, 0.3) is 0 Å². The van der Waals surface area contributed by atoms with Crippen LogP contribution in [0, 0.1) is 5.53 Å². The number of carbonyl (C=O) groups excluding carboxylic acids is 1. The molecule has 0 atom stereocenters. The number of nitrogens with zero attached hydrogens (tertiary/aromatic N) is 1. The van der Waals surface area contributed by atoms with Crippen LogP contribution in [0.25, 0.3) is 0 Å². The smallest absolute Gasteiger partial charge is 0.160 e. The molecule has 0 aromatic heterocycles. The van der Waals surface area contributed by atoms with E-state index in [0.29, 0.717) is 22.7 Å². The molecule has 22 heavy (non-hydrogen) atoms. The molecule has 0 unspecified atom stereocenters. The summed E-state index contributed by atoms with van der Waals surface area (Å²) < 4.78 is 10.6. The molecule has 0 heterocycles. The first-order chi connectivity index (χ1) is 10.6. The van der Waals surface area contributed by atoms with Crippen molar-refractivity contribution in [3.63, 3.8) is 0 Å². The van der Waals surface area contributed by atoms with Gasteiger partial charge in [0.15, 0.2) is 5.78 Å². The molecule has 2 aromatic rings. The maximum Gasteiger partial charge on any atom is 0.160 e. The van der Waals surface area contributed by atoms with Gasteiger partial charge in [0.1, 0.15) is 17.2 Å². The normalized spacial score (nSPS) is 10.1. The lowest BCUT2D eigenvalue weighted by atomic mass is 10.1. The van der Waals surface area contributed by atoms with Gasteiger partial charge < -0.3 is 9.47 Å². The lowest BCUT2D eigenvalue weighted by Gasteiger charge is -2.13. The quantitative estimate of drug-likeness (QED) is 0.618. The maximum absolute atomic E-state index is 11.7. The van der Waals surface area contributed by atoms with Crippen LogP contribution in [0.15, 0.2) is 51.3 Å². The Labute approximate surface area is 133 Å². The number of benzene rings is 2. The second-order valence-corrected chi connectivity index (χ2v) is 5.52. The zero-order valence-electron chi connectivity index (χ0n) is 12.5. The van der Waals surface area contributed by atoms with Crippen molar-refractivity contribution < 1.29 is 14.3 Å². The van der Waals surface area contributed by atoms with E-state index < -0.39 is 0 Å². The largest absolute Gasteiger partial charge is 0.495 e. The van der Waals surface area contributed by atoms with Crippen LogP contribution in [0.4, 0.5) is 5.69 Å². The van der Waals surface area contributed by atoms with E-state index in [4.69, 9.17) is 15.0 Å². The Balaban J connectivity index is 2.49. The van der Waals surface area contributed by atoms with Crippen LogP contribution in [0.5, 0.6) is 11.5 Å². The second kappa shape index (κ2) is 7.09. The number of Topliss-reactive ketones (excluding diaryl/α,β-unsaturated/α-hetero) is 1. The maximum atomic E-state index is 11.7. The van der Waals surface area contributed by atoms with Crippen LogP contribution in [0.1, 0.15) is 17.3 Å². The predicted molar refractivity (Wildman–Crippen MR) is 84.9 cm³/mol. The van der Waals surface area contributed by atoms with Crippen LogP contribution in [-0.2, 0) is 0 Å². The Morgan fingerprint density at radius 1 is 1.09 bits per heavy atom. The van der Waals surface area contributed by atoms with Gasteiger partial charge >= 0.3 is 0 Å². The highest BCUT2D eigenvalue weighted by Gasteiger charge is 2.15. The van der Waals surface area contributed by atoms with Crippen molar-refractivity contribution in [2.75, 3.05) is 14.2 Å². The van der Waals surface area contributed by atoms with Gasteiger partial charge in [-0.2, -0.15) is 5.11 Å². The first-order valence-corrected chi connectivity index (χ1v) is 7.33. The molecule has 0 fully saturated rings. The standard InChI is InChI=1S/C16H16N2O3S/c1-10(19)11-6-4-5-7-15(11)22-16-9-13(20-2)12(18-17)8-14(16)21-3/h4-9,17H,1-3H3. The highest BCUT2D eigenvalue weighted by atomic mass is 32.2. The molecule has 0 aliphatic carbocycles. The number of nitrogens with one attached hydrogen (secondary N) is 1. The van der Waals surface area contributed by atoms with Crippen LogP contribution >= 0.6 is 11.8 Å². The van der Waals surface area contributed by atoms with E-state index in [1.165, 1.54) is 18.9 Å². The molecule has 5 nitrogen and oxygen atoms in total. The fourth-order valence-electron chi connectivity index (χ4n) is 1.99. The van der Waals surface area contributed by atoms with Crippen molar-refractivity contribution in [1.82, 2.24) is 0 Å². The molecule has 2 aromatic carbocycles. The number of rotatable bonds is 6. The molecule has 2 rings (SSSR count). The third kappa shape index (κ3) is 3.28. The van der Waals surface area contributed by atoms with Crippen molar-refractivity contribution in [2.45, 2.75) is 16.7 Å². The Kier molecular flexibility index (Phi) is 5.16. The molecule has 0 amide bonds. The molecule has 0 aliphatic rings. The highest BCUT2D eigenvalue weighted by molar-refractivity contribution is 7.99. The number of carbonyl (C=O) groups is 1. The number of hydrogen-bond acceptors (Lipinski definition) is 6. The number of hydrogen-bond donors (Lipinski definition) is 1. The minimum atomic E-state index is 0.00631. The van der Waals surface area contributed by atoms with Gasteiger partial charge in [-0.1, -0.05) is 30.0 Å². The molecular weight excluding hydrogens is 300 g/mol. The van der Waals surface area contributed by atoms with Gasteiger partial charge in [0.2, 0.25) is 0 Å². The Morgan fingerprint density at radius 2 is 1.77 bits per heavy atom. The lowest BCUT2D eigenvalue weighted by molar-refractivity contribution is 0.101. The summed E-state index contributed by atoms with van der Waals surface area (Å²) in [5, 5.41) is 3.43. The van der Waals surface area contributed by atoms with Crippen molar-refractivity contribution in [3.8, 4) is 11.5 Å². The van der Waals surface area contributed by atoms with Crippen LogP contribution in [0.2, 0.25) is 0 Å². The molecular formula is C16H16N2O3S. The van der Waals surface area contributed by atoms with Crippen LogP contribution < -0.4 is 9.47 Å². The summed E-state index contributed by atoms with van der Waals surface area (Å²) in [6, 6.07) is 10.8. The lowest BCUT2D eigenvalue weighted by Crippen LogP contribution is -1.95. The van der Waals surface area contributed by atoms with E-state index >= 15 is 0 Å². The summed E-state index contributed by atoms with van der Waals surface area (Å²) in [4.78, 5) is 13.4. The van der Waals surface area contributed by atoms with E-state index in [1.807, 2.05) is 18.2 Å². The van der Waals surface area contributed by atoms with Gasteiger partial charge in [-0.15, -0.1) is 0 Å². The van der Waals surface area contributed by atoms with E-state index in [-0.39, 0.29) is 5.78 Å². The average Bonchev–Trinajstić information content (AvgIpc) is 2.54. The third-order valence-corrected chi connectivity index (χ3v) is 4.19. The van der Waals surface area contributed by atoms with E-state index in [0.717, 1.165) is 9.79 Å². The van der Waals surface area contributed by atoms with Gasteiger partial charge in [0.05, 0.1) is 19.1 Å². The van der Waals surface area contributed by atoms with Crippen molar-refractivity contribution in [1.29, 1.82) is 5.53 Å². The minimum absolute atomic E-state index is 0.00631. The van der Waals surface area contributed by atoms with Crippen LogP contribution in [-0.4, -0.2) is 20.0 Å². The van der Waals surface area contributed by atoms with Gasteiger partial charge in [-0.25, -0.2) is 5.53 Å². The Hall–Kier alpha value is -2.34. The fraction of sp³-hybridized carbons (Fsp3) is 0.188. The van der Waals surface area contributed by atoms with Crippen molar-refractivity contribution >= 4 is 23.2 Å². The van der Waals surface area contributed by atoms with Crippen LogP contribution in [0.3, 0.4) is 0 Å². The van der Waals surface area contributed by atoms with Gasteiger partial charge in [-0.05, 0) is 13.0 Å². The summed E-state index contributed by atoms with van der Waals surface area (Å²) in [6.07, 6.45) is 0. The first kappa shape index (κ1) is 16.0. The fourth-order valence-corrected chi connectivity index (χ4v) is 3.10. The summed E-state index contributed by atoms with van der Waals surface area (Å²) >= 11 is 1.41. The number of methoxy groups -OCH3 is 2. The third-order valence-electron chi connectivity index (χ3n) is 3.07. The summed E-state index contributed by atoms with van der Waals surface area (Å²) in [5.41, 5.74) is 8.23. The minimum Gasteiger partial charge on any atom is -0.495 e. The second-order valence-electron chi connectivity index (χ2n) is 4.44. The van der Waals surface area contributed by atoms with E-state index in [2.05, 4.69) is 5.11 Å². The number of ketones is 1. The molecule has 1 N–H and O–H groups in total. The molecule has 0 aliphatic heterocycles. The zero-order valence-corrected chi connectivity index (χ0v) is 13.4. The first-order valence-electron chi connectivity index (χ1n) is 6.52. The molecule has 114 valence electrons.